The van der Waals surface area contributed by atoms with E-state index in [0.717, 1.165) is 19.3 Å². The molecular formula is C21H22FN7O2. The number of fused-ring (bicyclic) bond motifs is 1. The molecule has 0 spiro atoms. The van der Waals surface area contributed by atoms with Crippen molar-refractivity contribution in [2.45, 2.75) is 44.4 Å². The molecule has 1 aromatic carbocycles. The van der Waals surface area contributed by atoms with Crippen molar-refractivity contribution < 1.29 is 14.6 Å². The van der Waals surface area contributed by atoms with Crippen molar-refractivity contribution in [3.63, 3.8) is 0 Å². The van der Waals surface area contributed by atoms with Gasteiger partial charge in [-0.1, -0.05) is 5.21 Å². The molecule has 3 atom stereocenters. The number of hydrogen-bond donors (Lipinski definition) is 3. The van der Waals surface area contributed by atoms with Gasteiger partial charge in [0.25, 0.3) is 0 Å². The van der Waals surface area contributed by atoms with Crippen LogP contribution in [-0.4, -0.2) is 45.9 Å². The minimum absolute atomic E-state index is 0.0107. The Hall–Kier alpha value is -3.53. The second kappa shape index (κ2) is 7.62. The number of nitrogens with zero attached hydrogens (tertiary/aromatic N) is 6. The van der Waals surface area contributed by atoms with E-state index >= 15 is 0 Å². The van der Waals surface area contributed by atoms with E-state index in [1.54, 1.807) is 27.7 Å². The largest absolute Gasteiger partial charge is 0.508 e. The molecule has 10 heteroatoms. The molecule has 31 heavy (non-hydrogen) atoms. The predicted octanol–water partition coefficient (Wildman–Crippen LogP) is 3.09. The van der Waals surface area contributed by atoms with Crippen molar-refractivity contribution in [3.8, 4) is 17.1 Å². The van der Waals surface area contributed by atoms with Crippen LogP contribution in [-0.2, 0) is 0 Å². The number of aromatic hydroxyl groups is 1. The zero-order chi connectivity index (χ0) is 21.5. The van der Waals surface area contributed by atoms with Crippen LogP contribution in [0.15, 0.2) is 42.7 Å². The summed E-state index contributed by atoms with van der Waals surface area (Å²) in [7, 11) is 0. The lowest BCUT2D eigenvalue weighted by molar-refractivity contribution is 0.129. The van der Waals surface area contributed by atoms with Crippen LogP contribution in [0.5, 0.6) is 5.75 Å². The highest BCUT2D eigenvalue weighted by atomic mass is 19.1. The molecule has 0 radical (unpaired) electrons. The standard InChI is InChI=1S/C21H22FN7O2/c1-12(14-9-13(22)5-6-18(14)30)24-20-7-8-21-23-10-17(29(21)26-20)15-11-28(27-25-15)16-3-2-4-19(16)31/h5-12,16,19,30-31H,2-4H2,1H3,(H,24,26)/t12-,16-,19-/m1/s1. The maximum Gasteiger partial charge on any atom is 0.154 e. The first kappa shape index (κ1) is 19.4. The summed E-state index contributed by atoms with van der Waals surface area (Å²) < 4.78 is 17.0. The smallest absolute Gasteiger partial charge is 0.154 e. The number of nitrogens with one attached hydrogen (secondary N) is 1. The third-order valence-electron chi connectivity index (χ3n) is 5.74. The fraction of sp³-hybridized carbons (Fsp3) is 0.333. The van der Waals surface area contributed by atoms with Gasteiger partial charge in [0, 0.05) is 5.56 Å². The van der Waals surface area contributed by atoms with Gasteiger partial charge in [0.15, 0.2) is 5.65 Å². The number of hydrogen-bond acceptors (Lipinski definition) is 7. The van der Waals surface area contributed by atoms with Gasteiger partial charge < -0.3 is 15.5 Å². The molecule has 3 aromatic heterocycles. The van der Waals surface area contributed by atoms with E-state index in [1.165, 1.54) is 18.2 Å². The van der Waals surface area contributed by atoms with E-state index in [2.05, 4.69) is 25.7 Å². The van der Waals surface area contributed by atoms with Gasteiger partial charge in [-0.2, -0.15) is 0 Å². The number of phenolic OH excluding ortho intramolecular Hbond substituents is 1. The van der Waals surface area contributed by atoms with Gasteiger partial charge in [-0.15, -0.1) is 10.2 Å². The van der Waals surface area contributed by atoms with Gasteiger partial charge in [0.1, 0.15) is 28.8 Å². The van der Waals surface area contributed by atoms with Crippen LogP contribution in [0.4, 0.5) is 10.2 Å². The average Bonchev–Trinajstić information content (AvgIpc) is 3.48. The number of aliphatic hydroxyl groups excluding tert-OH is 1. The van der Waals surface area contributed by atoms with E-state index in [0.29, 0.717) is 28.4 Å². The van der Waals surface area contributed by atoms with Crippen molar-refractivity contribution in [2.75, 3.05) is 5.32 Å². The molecule has 4 aromatic rings. The van der Waals surface area contributed by atoms with Crippen LogP contribution in [0.3, 0.4) is 0 Å². The molecule has 3 N–H and O–H groups in total. The molecule has 1 aliphatic carbocycles. The zero-order valence-corrected chi connectivity index (χ0v) is 16.9. The lowest BCUT2D eigenvalue weighted by Gasteiger charge is -2.16. The highest BCUT2D eigenvalue weighted by molar-refractivity contribution is 5.59. The van der Waals surface area contributed by atoms with Crippen molar-refractivity contribution in [3.05, 3.63) is 54.1 Å². The third kappa shape index (κ3) is 3.59. The van der Waals surface area contributed by atoms with Gasteiger partial charge in [-0.05, 0) is 56.5 Å². The van der Waals surface area contributed by atoms with E-state index in [4.69, 9.17) is 0 Å². The normalized spacial score (nSPS) is 19.7. The minimum atomic E-state index is -0.419. The Morgan fingerprint density at radius 2 is 2.10 bits per heavy atom. The highest BCUT2D eigenvalue weighted by Crippen LogP contribution is 2.31. The SMILES string of the molecule is C[C@@H](Nc1ccc2ncc(-c3cn([C@@H]4CCC[C@H]4O)nn3)n2n1)c1cc(F)ccc1O. The molecule has 3 heterocycles. The third-order valence-corrected chi connectivity index (χ3v) is 5.74. The first-order valence-electron chi connectivity index (χ1n) is 10.2. The van der Waals surface area contributed by atoms with E-state index in [9.17, 15) is 14.6 Å². The molecule has 160 valence electrons. The van der Waals surface area contributed by atoms with Crippen LogP contribution in [0.25, 0.3) is 17.0 Å². The number of aliphatic hydroxyl groups is 1. The van der Waals surface area contributed by atoms with Crippen molar-refractivity contribution in [1.29, 1.82) is 0 Å². The molecule has 1 fully saturated rings. The first-order valence-corrected chi connectivity index (χ1v) is 10.2. The Bertz CT molecular complexity index is 1240. The van der Waals surface area contributed by atoms with Crippen molar-refractivity contribution >= 4 is 11.5 Å². The maximum absolute atomic E-state index is 13.6. The number of imidazole rings is 1. The number of anilines is 1. The molecule has 0 amide bonds. The van der Waals surface area contributed by atoms with Gasteiger partial charge >= 0.3 is 0 Å². The minimum Gasteiger partial charge on any atom is -0.508 e. The summed E-state index contributed by atoms with van der Waals surface area (Å²) in [5, 5.41) is 36.4. The van der Waals surface area contributed by atoms with Gasteiger partial charge in [-0.25, -0.2) is 18.6 Å². The number of rotatable bonds is 5. The quantitative estimate of drug-likeness (QED) is 0.452. The molecule has 1 aliphatic rings. The summed E-state index contributed by atoms with van der Waals surface area (Å²) in [6.07, 6.45) is 5.67. The summed E-state index contributed by atoms with van der Waals surface area (Å²) >= 11 is 0. The monoisotopic (exact) mass is 423 g/mol. The van der Waals surface area contributed by atoms with Crippen LogP contribution in [0.2, 0.25) is 0 Å². The Morgan fingerprint density at radius 1 is 1.23 bits per heavy atom. The summed E-state index contributed by atoms with van der Waals surface area (Å²) in [4.78, 5) is 4.38. The van der Waals surface area contributed by atoms with Crippen LogP contribution >= 0.6 is 0 Å². The number of benzene rings is 1. The average molecular weight is 423 g/mol. The van der Waals surface area contributed by atoms with Crippen LogP contribution in [0.1, 0.15) is 43.8 Å². The lowest BCUT2D eigenvalue weighted by atomic mass is 10.1. The Balaban J connectivity index is 1.44. The Labute approximate surface area is 177 Å². The first-order chi connectivity index (χ1) is 15.0. The summed E-state index contributed by atoms with van der Waals surface area (Å²) in [5.74, 6) is 0.121. The van der Waals surface area contributed by atoms with Crippen molar-refractivity contribution in [2.24, 2.45) is 0 Å². The second-order valence-corrected chi connectivity index (χ2v) is 7.85. The molecular weight excluding hydrogens is 401 g/mol. The number of aromatic nitrogens is 6. The van der Waals surface area contributed by atoms with Gasteiger partial charge in [-0.3, -0.25) is 0 Å². The van der Waals surface area contributed by atoms with E-state index in [1.807, 2.05) is 13.0 Å². The number of phenols is 1. The van der Waals surface area contributed by atoms with Crippen LogP contribution in [0, 0.1) is 5.82 Å². The predicted molar refractivity (Wildman–Crippen MR) is 111 cm³/mol. The highest BCUT2D eigenvalue weighted by Gasteiger charge is 2.28. The fourth-order valence-corrected chi connectivity index (χ4v) is 4.08. The molecule has 0 unspecified atom stereocenters. The Morgan fingerprint density at radius 3 is 2.90 bits per heavy atom. The summed E-state index contributed by atoms with van der Waals surface area (Å²) in [6.45, 7) is 1.81. The topological polar surface area (TPSA) is 113 Å². The van der Waals surface area contributed by atoms with E-state index < -0.39 is 11.9 Å². The molecule has 9 nitrogen and oxygen atoms in total. The van der Waals surface area contributed by atoms with Gasteiger partial charge in [0.2, 0.25) is 0 Å². The van der Waals surface area contributed by atoms with E-state index in [-0.39, 0.29) is 17.8 Å². The lowest BCUT2D eigenvalue weighted by Crippen LogP contribution is -2.18. The molecule has 0 saturated heterocycles. The summed E-state index contributed by atoms with van der Waals surface area (Å²) in [5.41, 5.74) is 2.34. The maximum atomic E-state index is 13.6. The van der Waals surface area contributed by atoms with Crippen LogP contribution < -0.4 is 5.32 Å². The van der Waals surface area contributed by atoms with Gasteiger partial charge in [0.05, 0.1) is 30.6 Å². The molecule has 0 bridgehead atoms. The molecule has 0 aliphatic heterocycles. The second-order valence-electron chi connectivity index (χ2n) is 7.85. The number of halogens is 1. The molecule has 1 saturated carbocycles. The summed E-state index contributed by atoms with van der Waals surface area (Å²) in [6, 6.07) is 6.97. The zero-order valence-electron chi connectivity index (χ0n) is 16.9. The fourth-order valence-electron chi connectivity index (χ4n) is 4.08. The van der Waals surface area contributed by atoms with Crippen molar-refractivity contribution in [1.82, 2.24) is 29.6 Å². The Kier molecular flexibility index (Phi) is 4.78. The molecule has 5 rings (SSSR count).